The van der Waals surface area contributed by atoms with Crippen molar-refractivity contribution in [3.05, 3.63) is 59.2 Å². The molecule has 3 rings (SSSR count). The predicted molar refractivity (Wildman–Crippen MR) is 89.9 cm³/mol. The second kappa shape index (κ2) is 7.02. The molecule has 0 spiro atoms. The Labute approximate surface area is 137 Å². The van der Waals surface area contributed by atoms with Gasteiger partial charge in [0.05, 0.1) is 26.9 Å². The molecule has 0 aromatic heterocycles. The van der Waals surface area contributed by atoms with Gasteiger partial charge < -0.3 is 14.6 Å². The predicted octanol–water partition coefficient (Wildman–Crippen LogP) is 2.80. The highest BCUT2D eigenvalue weighted by Crippen LogP contribution is 2.32. The van der Waals surface area contributed by atoms with E-state index in [-0.39, 0.29) is 12.6 Å². The molecule has 1 atom stereocenters. The van der Waals surface area contributed by atoms with Gasteiger partial charge in [-0.15, -0.1) is 0 Å². The fourth-order valence-electron chi connectivity index (χ4n) is 3.32. The molecule has 0 aliphatic carbocycles. The van der Waals surface area contributed by atoms with Crippen molar-refractivity contribution in [2.45, 2.75) is 19.0 Å². The number of nitrogens with zero attached hydrogens (tertiary/aromatic N) is 1. The lowest BCUT2D eigenvalue weighted by Crippen LogP contribution is -2.36. The zero-order valence-corrected chi connectivity index (χ0v) is 13.7. The summed E-state index contributed by atoms with van der Waals surface area (Å²) >= 11 is 0. The van der Waals surface area contributed by atoms with E-state index >= 15 is 0 Å². The molecule has 1 heterocycles. The first-order valence-corrected chi connectivity index (χ1v) is 7.90. The number of ether oxygens (including phenoxy) is 2. The summed E-state index contributed by atoms with van der Waals surface area (Å²) in [4.78, 5) is 2.32. The van der Waals surface area contributed by atoms with E-state index in [1.165, 1.54) is 11.1 Å². The smallest absolute Gasteiger partial charge is 0.161 e. The molecule has 0 amide bonds. The average molecular weight is 313 g/mol. The highest BCUT2D eigenvalue weighted by atomic mass is 16.5. The molecule has 0 saturated carbocycles. The van der Waals surface area contributed by atoms with Gasteiger partial charge in [-0.25, -0.2) is 0 Å². The normalized spacial score (nSPS) is 17.6. The van der Waals surface area contributed by atoms with Crippen molar-refractivity contribution < 1.29 is 14.6 Å². The molecule has 4 nitrogen and oxygen atoms in total. The van der Waals surface area contributed by atoms with Crippen molar-refractivity contribution in [2.24, 2.45) is 0 Å². The van der Waals surface area contributed by atoms with Gasteiger partial charge in [-0.2, -0.15) is 0 Å². The van der Waals surface area contributed by atoms with Crippen LogP contribution in [0.1, 0.15) is 22.7 Å². The Morgan fingerprint density at radius 3 is 2.61 bits per heavy atom. The van der Waals surface area contributed by atoms with Crippen molar-refractivity contribution in [3.8, 4) is 11.5 Å². The number of aliphatic hydroxyl groups is 1. The Kier molecular flexibility index (Phi) is 4.84. The van der Waals surface area contributed by atoms with Gasteiger partial charge in [0.15, 0.2) is 11.5 Å². The molecule has 2 aromatic carbocycles. The van der Waals surface area contributed by atoms with Crippen LogP contribution < -0.4 is 9.47 Å². The van der Waals surface area contributed by atoms with Crippen molar-refractivity contribution in [2.75, 3.05) is 27.4 Å². The minimum atomic E-state index is 0.0491. The number of methoxy groups -OCH3 is 2. The van der Waals surface area contributed by atoms with Crippen LogP contribution in [-0.4, -0.2) is 37.4 Å². The number of hydrogen-bond acceptors (Lipinski definition) is 4. The molecule has 0 saturated heterocycles. The maximum atomic E-state index is 9.88. The molecular formula is C19H23NO3. The minimum Gasteiger partial charge on any atom is -0.493 e. The average Bonchev–Trinajstić information content (AvgIpc) is 2.61. The van der Waals surface area contributed by atoms with Gasteiger partial charge in [0.2, 0.25) is 0 Å². The van der Waals surface area contributed by atoms with E-state index in [1.807, 2.05) is 18.2 Å². The standard InChI is InChI=1S/C19H23NO3/c1-22-18-8-7-14(11-19(18)23-2)12-20-10-9-15-5-3-4-6-16(15)17(20)13-21/h3-8,11,17,21H,9-10,12-13H2,1-2H3. The second-order valence-corrected chi connectivity index (χ2v) is 5.81. The third-order valence-electron chi connectivity index (χ3n) is 4.53. The van der Waals surface area contributed by atoms with Crippen LogP contribution in [0.2, 0.25) is 0 Å². The van der Waals surface area contributed by atoms with Gasteiger partial charge in [-0.1, -0.05) is 30.3 Å². The van der Waals surface area contributed by atoms with Crippen molar-refractivity contribution in [1.29, 1.82) is 0 Å². The fourth-order valence-corrected chi connectivity index (χ4v) is 3.32. The maximum Gasteiger partial charge on any atom is 0.161 e. The highest BCUT2D eigenvalue weighted by Gasteiger charge is 2.26. The summed E-state index contributed by atoms with van der Waals surface area (Å²) in [5.41, 5.74) is 3.73. The van der Waals surface area contributed by atoms with E-state index < -0.39 is 0 Å². The zero-order chi connectivity index (χ0) is 16.2. The van der Waals surface area contributed by atoms with Gasteiger partial charge in [0, 0.05) is 13.1 Å². The SMILES string of the molecule is COc1ccc(CN2CCc3ccccc3C2CO)cc1OC. The lowest BCUT2D eigenvalue weighted by molar-refractivity contribution is 0.108. The quantitative estimate of drug-likeness (QED) is 0.922. The van der Waals surface area contributed by atoms with Crippen LogP contribution in [0.5, 0.6) is 11.5 Å². The second-order valence-electron chi connectivity index (χ2n) is 5.81. The van der Waals surface area contributed by atoms with Crippen molar-refractivity contribution >= 4 is 0 Å². The first-order chi connectivity index (χ1) is 11.3. The minimum absolute atomic E-state index is 0.0491. The summed E-state index contributed by atoms with van der Waals surface area (Å²) in [6, 6.07) is 14.4. The Balaban J connectivity index is 1.83. The molecule has 4 heteroatoms. The molecule has 1 N–H and O–H groups in total. The summed E-state index contributed by atoms with van der Waals surface area (Å²) in [5, 5.41) is 9.88. The molecule has 1 unspecified atom stereocenters. The molecule has 0 bridgehead atoms. The molecule has 0 radical (unpaired) electrons. The molecule has 1 aliphatic heterocycles. The Hall–Kier alpha value is -2.04. The summed E-state index contributed by atoms with van der Waals surface area (Å²) in [5.74, 6) is 1.47. The van der Waals surface area contributed by atoms with Gasteiger partial charge in [0.1, 0.15) is 0 Å². The topological polar surface area (TPSA) is 41.9 Å². The van der Waals surface area contributed by atoms with Crippen molar-refractivity contribution in [1.82, 2.24) is 4.90 Å². The molecule has 0 fully saturated rings. The van der Waals surface area contributed by atoms with Crippen LogP contribution >= 0.6 is 0 Å². The van der Waals surface area contributed by atoms with Crippen LogP contribution in [0.25, 0.3) is 0 Å². The lowest BCUT2D eigenvalue weighted by Gasteiger charge is -2.36. The third-order valence-corrected chi connectivity index (χ3v) is 4.53. The van der Waals surface area contributed by atoms with E-state index in [0.29, 0.717) is 0 Å². The van der Waals surface area contributed by atoms with E-state index in [1.54, 1.807) is 14.2 Å². The largest absolute Gasteiger partial charge is 0.493 e. The van der Waals surface area contributed by atoms with E-state index in [2.05, 4.69) is 29.2 Å². The Bertz CT molecular complexity index is 671. The number of rotatable bonds is 5. The monoisotopic (exact) mass is 313 g/mol. The van der Waals surface area contributed by atoms with E-state index in [0.717, 1.165) is 36.6 Å². The van der Waals surface area contributed by atoms with Crippen LogP contribution in [0.4, 0.5) is 0 Å². The summed E-state index contributed by atoms with van der Waals surface area (Å²) in [7, 11) is 3.29. The summed E-state index contributed by atoms with van der Waals surface area (Å²) < 4.78 is 10.7. The Morgan fingerprint density at radius 2 is 1.87 bits per heavy atom. The van der Waals surface area contributed by atoms with Crippen LogP contribution in [-0.2, 0) is 13.0 Å². The van der Waals surface area contributed by atoms with Crippen LogP contribution in [0.15, 0.2) is 42.5 Å². The number of benzene rings is 2. The van der Waals surface area contributed by atoms with Crippen molar-refractivity contribution in [3.63, 3.8) is 0 Å². The molecule has 23 heavy (non-hydrogen) atoms. The summed E-state index contributed by atoms with van der Waals surface area (Å²) in [6.07, 6.45) is 1.01. The number of fused-ring (bicyclic) bond motifs is 1. The summed E-state index contributed by atoms with van der Waals surface area (Å²) in [6.45, 7) is 1.85. The maximum absolute atomic E-state index is 9.88. The molecule has 2 aromatic rings. The number of aliphatic hydroxyl groups excluding tert-OH is 1. The van der Waals surface area contributed by atoms with E-state index in [4.69, 9.17) is 9.47 Å². The zero-order valence-electron chi connectivity index (χ0n) is 13.7. The Morgan fingerprint density at radius 1 is 1.09 bits per heavy atom. The van der Waals surface area contributed by atoms with Crippen LogP contribution in [0.3, 0.4) is 0 Å². The third kappa shape index (κ3) is 3.19. The fraction of sp³-hybridized carbons (Fsp3) is 0.368. The number of hydrogen-bond donors (Lipinski definition) is 1. The molecular weight excluding hydrogens is 290 g/mol. The highest BCUT2D eigenvalue weighted by molar-refractivity contribution is 5.43. The molecule has 122 valence electrons. The van der Waals surface area contributed by atoms with Gasteiger partial charge in [-0.05, 0) is 35.2 Å². The first-order valence-electron chi connectivity index (χ1n) is 7.90. The first kappa shape index (κ1) is 15.8. The van der Waals surface area contributed by atoms with Gasteiger partial charge >= 0.3 is 0 Å². The lowest BCUT2D eigenvalue weighted by atomic mass is 9.92. The molecule has 1 aliphatic rings. The van der Waals surface area contributed by atoms with Crippen LogP contribution in [0, 0.1) is 0 Å². The van der Waals surface area contributed by atoms with Gasteiger partial charge in [-0.3, -0.25) is 4.90 Å². The van der Waals surface area contributed by atoms with E-state index in [9.17, 15) is 5.11 Å². The van der Waals surface area contributed by atoms with Gasteiger partial charge in [0.25, 0.3) is 0 Å².